The van der Waals surface area contributed by atoms with Crippen molar-refractivity contribution in [2.24, 2.45) is 0 Å². The molecule has 7 heteroatoms. The number of furan rings is 1. The van der Waals surface area contributed by atoms with E-state index in [4.69, 9.17) is 9.15 Å². The van der Waals surface area contributed by atoms with Crippen molar-refractivity contribution in [1.82, 2.24) is 15.2 Å². The first kappa shape index (κ1) is 18.7. The van der Waals surface area contributed by atoms with Crippen LogP contribution in [-0.2, 0) is 6.61 Å². The van der Waals surface area contributed by atoms with Gasteiger partial charge in [0.25, 0.3) is 5.91 Å². The highest BCUT2D eigenvalue weighted by Crippen LogP contribution is 2.25. The van der Waals surface area contributed by atoms with E-state index in [1.807, 2.05) is 29.6 Å². The fraction of sp³-hybridized carbons (Fsp3) is 0.333. The first-order valence-electron chi connectivity index (χ1n) is 9.45. The number of likely N-dealkylation sites (tertiary alicyclic amines) is 1. The van der Waals surface area contributed by atoms with Crippen LogP contribution in [0.3, 0.4) is 0 Å². The monoisotopic (exact) mass is 397 g/mol. The molecule has 3 heterocycles. The topological polar surface area (TPSA) is 67.6 Å². The number of thiazole rings is 1. The van der Waals surface area contributed by atoms with Gasteiger partial charge in [0.1, 0.15) is 18.1 Å². The van der Waals surface area contributed by atoms with Crippen molar-refractivity contribution < 1.29 is 13.9 Å². The quantitative estimate of drug-likeness (QED) is 0.625. The van der Waals surface area contributed by atoms with Gasteiger partial charge in [-0.3, -0.25) is 9.69 Å². The third-order valence-electron chi connectivity index (χ3n) is 4.90. The number of rotatable bonds is 8. The lowest BCUT2D eigenvalue weighted by atomic mass is 10.1. The molecule has 0 bridgehead atoms. The molecule has 1 fully saturated rings. The van der Waals surface area contributed by atoms with Crippen molar-refractivity contribution in [3.8, 4) is 5.75 Å². The Morgan fingerprint density at radius 1 is 1.25 bits per heavy atom. The summed E-state index contributed by atoms with van der Waals surface area (Å²) >= 11 is 1.54. The molecule has 6 nitrogen and oxygen atoms in total. The van der Waals surface area contributed by atoms with E-state index in [0.29, 0.717) is 18.7 Å². The zero-order chi connectivity index (χ0) is 19.2. The molecule has 146 valence electrons. The number of ether oxygens (including phenoxy) is 1. The molecule has 1 aromatic carbocycles. The average molecular weight is 398 g/mol. The maximum Gasteiger partial charge on any atom is 0.251 e. The minimum absolute atomic E-state index is 0.0715. The van der Waals surface area contributed by atoms with Gasteiger partial charge >= 0.3 is 0 Å². The molecule has 4 rings (SSSR count). The number of nitrogens with zero attached hydrogens (tertiary/aromatic N) is 2. The number of nitrogens with one attached hydrogen (secondary N) is 1. The Labute approximate surface area is 168 Å². The standard InChI is InChI=1S/C21H23N3O3S/c25-21(16-5-7-18(8-6-16)27-13-17-14-28-15-23-17)22-12-19(20-4-3-11-26-20)24-9-1-2-10-24/h3-8,11,14-15,19H,1-2,9-10,12-13H2,(H,22,25)/t19-/m1/s1. The highest BCUT2D eigenvalue weighted by Gasteiger charge is 2.26. The minimum atomic E-state index is -0.0956. The maximum absolute atomic E-state index is 12.6. The molecule has 3 aromatic rings. The molecule has 0 spiro atoms. The van der Waals surface area contributed by atoms with Crippen molar-refractivity contribution in [2.45, 2.75) is 25.5 Å². The lowest BCUT2D eigenvalue weighted by Gasteiger charge is -2.26. The number of amides is 1. The first-order chi connectivity index (χ1) is 13.8. The van der Waals surface area contributed by atoms with Gasteiger partial charge in [0.2, 0.25) is 0 Å². The summed E-state index contributed by atoms with van der Waals surface area (Å²) in [6.07, 6.45) is 4.06. The molecule has 1 aliphatic heterocycles. The summed E-state index contributed by atoms with van der Waals surface area (Å²) in [5, 5.41) is 5.00. The van der Waals surface area contributed by atoms with Crippen LogP contribution in [-0.4, -0.2) is 35.4 Å². The normalized spacial score (nSPS) is 15.4. The van der Waals surface area contributed by atoms with Crippen LogP contribution >= 0.6 is 11.3 Å². The Morgan fingerprint density at radius 3 is 2.75 bits per heavy atom. The van der Waals surface area contributed by atoms with E-state index in [-0.39, 0.29) is 11.9 Å². The molecular formula is C21H23N3O3S. The van der Waals surface area contributed by atoms with Gasteiger partial charge in [-0.1, -0.05) is 0 Å². The van der Waals surface area contributed by atoms with Crippen LogP contribution in [0.25, 0.3) is 0 Å². The van der Waals surface area contributed by atoms with Crippen molar-refractivity contribution in [2.75, 3.05) is 19.6 Å². The molecule has 1 saturated heterocycles. The van der Waals surface area contributed by atoms with E-state index in [1.54, 1.807) is 35.2 Å². The van der Waals surface area contributed by atoms with Crippen LogP contribution in [0.15, 0.2) is 58.0 Å². The molecule has 0 radical (unpaired) electrons. The van der Waals surface area contributed by atoms with Gasteiger partial charge in [0, 0.05) is 17.5 Å². The average Bonchev–Trinajstić information content (AvgIpc) is 3.51. The minimum Gasteiger partial charge on any atom is -0.487 e. The lowest BCUT2D eigenvalue weighted by Crippen LogP contribution is -2.36. The smallest absolute Gasteiger partial charge is 0.251 e. The predicted octanol–water partition coefficient (Wildman–Crippen LogP) is 3.88. The number of benzene rings is 1. The van der Waals surface area contributed by atoms with Crippen molar-refractivity contribution >= 4 is 17.2 Å². The predicted molar refractivity (Wildman–Crippen MR) is 107 cm³/mol. The molecule has 1 atom stereocenters. The number of carbonyl (C=O) groups excluding carboxylic acids is 1. The van der Waals surface area contributed by atoms with E-state index in [2.05, 4.69) is 15.2 Å². The van der Waals surface area contributed by atoms with Gasteiger partial charge in [-0.05, 0) is 62.3 Å². The summed E-state index contributed by atoms with van der Waals surface area (Å²) in [5.41, 5.74) is 3.29. The first-order valence-corrected chi connectivity index (χ1v) is 10.4. The van der Waals surface area contributed by atoms with Gasteiger partial charge in [-0.2, -0.15) is 0 Å². The van der Waals surface area contributed by atoms with E-state index in [1.165, 1.54) is 12.8 Å². The van der Waals surface area contributed by atoms with E-state index in [0.717, 1.165) is 30.3 Å². The number of hydrogen-bond acceptors (Lipinski definition) is 6. The van der Waals surface area contributed by atoms with Crippen LogP contribution < -0.4 is 10.1 Å². The van der Waals surface area contributed by atoms with Gasteiger partial charge in [-0.15, -0.1) is 11.3 Å². The molecular weight excluding hydrogens is 374 g/mol. The van der Waals surface area contributed by atoms with E-state index >= 15 is 0 Å². The van der Waals surface area contributed by atoms with Crippen molar-refractivity contribution in [3.05, 3.63) is 70.6 Å². The Morgan fingerprint density at radius 2 is 2.07 bits per heavy atom. The van der Waals surface area contributed by atoms with E-state index < -0.39 is 0 Å². The fourth-order valence-corrected chi connectivity index (χ4v) is 3.95. The summed E-state index contributed by atoms with van der Waals surface area (Å²) in [5.74, 6) is 1.52. The van der Waals surface area contributed by atoms with Crippen LogP contribution in [0.2, 0.25) is 0 Å². The molecule has 28 heavy (non-hydrogen) atoms. The molecule has 0 unspecified atom stereocenters. The highest BCUT2D eigenvalue weighted by atomic mass is 32.1. The summed E-state index contributed by atoms with van der Waals surface area (Å²) in [6.45, 7) is 3.02. The second-order valence-corrected chi connectivity index (χ2v) is 7.50. The molecule has 0 aliphatic carbocycles. The number of hydrogen-bond donors (Lipinski definition) is 1. The van der Waals surface area contributed by atoms with Gasteiger partial charge < -0.3 is 14.5 Å². The van der Waals surface area contributed by atoms with Gasteiger partial charge in [-0.25, -0.2) is 4.98 Å². The SMILES string of the molecule is O=C(NC[C@H](c1ccco1)N1CCCC1)c1ccc(OCc2cscn2)cc1. The molecule has 1 N–H and O–H groups in total. The van der Waals surface area contributed by atoms with Crippen molar-refractivity contribution in [3.63, 3.8) is 0 Å². The Balaban J connectivity index is 1.33. The molecule has 1 amide bonds. The zero-order valence-corrected chi connectivity index (χ0v) is 16.4. The van der Waals surface area contributed by atoms with Crippen LogP contribution in [0.1, 0.15) is 40.7 Å². The van der Waals surface area contributed by atoms with Crippen LogP contribution in [0.5, 0.6) is 5.75 Å². The Bertz CT molecular complexity index is 857. The summed E-state index contributed by atoms with van der Waals surface area (Å²) in [4.78, 5) is 19.1. The zero-order valence-electron chi connectivity index (χ0n) is 15.5. The summed E-state index contributed by atoms with van der Waals surface area (Å²) in [7, 11) is 0. The molecule has 2 aromatic heterocycles. The number of aromatic nitrogens is 1. The second-order valence-electron chi connectivity index (χ2n) is 6.78. The highest BCUT2D eigenvalue weighted by molar-refractivity contribution is 7.07. The number of carbonyl (C=O) groups is 1. The van der Waals surface area contributed by atoms with E-state index in [9.17, 15) is 4.79 Å². The molecule has 1 aliphatic rings. The third-order valence-corrected chi connectivity index (χ3v) is 5.53. The van der Waals surface area contributed by atoms with Gasteiger partial charge in [0.15, 0.2) is 0 Å². The Kier molecular flexibility index (Phi) is 6.04. The van der Waals surface area contributed by atoms with Crippen molar-refractivity contribution in [1.29, 1.82) is 0 Å². The van der Waals surface area contributed by atoms with Crippen LogP contribution in [0.4, 0.5) is 0 Å². The second kappa shape index (κ2) is 9.03. The third kappa shape index (κ3) is 4.61. The van der Waals surface area contributed by atoms with Gasteiger partial charge in [0.05, 0.1) is 23.5 Å². The maximum atomic E-state index is 12.6. The summed E-state index contributed by atoms with van der Waals surface area (Å²) in [6, 6.07) is 11.1. The van der Waals surface area contributed by atoms with Crippen LogP contribution in [0, 0.1) is 0 Å². The molecule has 0 saturated carbocycles. The largest absolute Gasteiger partial charge is 0.487 e. The lowest BCUT2D eigenvalue weighted by molar-refractivity contribution is 0.0933. The Hall–Kier alpha value is -2.64. The summed E-state index contributed by atoms with van der Waals surface area (Å²) < 4.78 is 11.3. The fourth-order valence-electron chi connectivity index (χ4n) is 3.40.